The topological polar surface area (TPSA) is 33.7 Å². The Morgan fingerprint density at radius 2 is 2.11 bits per heavy atom. The number of nitrogens with zero attached hydrogens (tertiary/aromatic N) is 1. The Morgan fingerprint density at radius 3 is 2.89 bits per heavy atom. The number of hydrogen-bond donors (Lipinski definition) is 1. The molecule has 104 valence electrons. The molecule has 0 amide bonds. The van der Waals surface area contributed by atoms with Crippen molar-refractivity contribution in [1.82, 2.24) is 10.2 Å². The molecule has 2 aliphatic rings. The molecule has 0 aromatic heterocycles. The Kier molecular flexibility index (Phi) is 3.91. The SMILES string of the molecule is Fc1c(Br)cc2c(c1CCN1CCNCC1)OCO2. The van der Waals surface area contributed by atoms with Crippen LogP contribution in [0, 0.1) is 5.82 Å². The van der Waals surface area contributed by atoms with E-state index in [4.69, 9.17) is 9.47 Å². The highest BCUT2D eigenvalue weighted by Gasteiger charge is 2.24. The minimum absolute atomic E-state index is 0.172. The van der Waals surface area contributed by atoms with Gasteiger partial charge in [0.2, 0.25) is 6.79 Å². The van der Waals surface area contributed by atoms with Gasteiger partial charge in [0.25, 0.3) is 0 Å². The monoisotopic (exact) mass is 330 g/mol. The molecule has 1 fully saturated rings. The van der Waals surface area contributed by atoms with Crippen LogP contribution in [0.1, 0.15) is 5.56 Å². The van der Waals surface area contributed by atoms with Crippen molar-refractivity contribution in [2.75, 3.05) is 39.5 Å². The number of ether oxygens (including phenoxy) is 2. The molecule has 0 aliphatic carbocycles. The first-order chi connectivity index (χ1) is 9.25. The molecule has 0 radical (unpaired) electrons. The first-order valence-electron chi connectivity index (χ1n) is 6.45. The third-order valence-electron chi connectivity index (χ3n) is 3.54. The van der Waals surface area contributed by atoms with Crippen molar-refractivity contribution in [2.24, 2.45) is 0 Å². The average Bonchev–Trinajstić information content (AvgIpc) is 2.88. The summed E-state index contributed by atoms with van der Waals surface area (Å²) >= 11 is 3.23. The second-order valence-corrected chi connectivity index (χ2v) is 5.58. The summed E-state index contributed by atoms with van der Waals surface area (Å²) in [5.74, 6) is 0.957. The van der Waals surface area contributed by atoms with Crippen LogP contribution in [0.5, 0.6) is 11.5 Å². The van der Waals surface area contributed by atoms with E-state index in [0.29, 0.717) is 28.0 Å². The fraction of sp³-hybridized carbons (Fsp3) is 0.538. The van der Waals surface area contributed by atoms with Crippen molar-refractivity contribution in [2.45, 2.75) is 6.42 Å². The van der Waals surface area contributed by atoms with E-state index in [1.54, 1.807) is 6.07 Å². The Labute approximate surface area is 120 Å². The van der Waals surface area contributed by atoms with Gasteiger partial charge in [-0.1, -0.05) is 0 Å². The summed E-state index contributed by atoms with van der Waals surface area (Å²) in [5, 5.41) is 3.31. The first-order valence-corrected chi connectivity index (χ1v) is 7.24. The van der Waals surface area contributed by atoms with E-state index in [0.717, 1.165) is 32.7 Å². The Hall–Kier alpha value is -0.850. The van der Waals surface area contributed by atoms with Crippen LogP contribution < -0.4 is 14.8 Å². The van der Waals surface area contributed by atoms with E-state index < -0.39 is 0 Å². The van der Waals surface area contributed by atoms with E-state index >= 15 is 0 Å². The molecule has 0 saturated carbocycles. The fourth-order valence-electron chi connectivity index (χ4n) is 2.48. The van der Waals surface area contributed by atoms with E-state index in [1.165, 1.54) is 0 Å². The standard InChI is InChI=1S/C13H16BrFN2O2/c14-10-7-11-13(19-8-18-11)9(12(10)15)1-4-17-5-2-16-3-6-17/h7,16H,1-6,8H2. The van der Waals surface area contributed by atoms with Crippen LogP contribution in [0.2, 0.25) is 0 Å². The van der Waals surface area contributed by atoms with Crippen molar-refractivity contribution in [1.29, 1.82) is 0 Å². The van der Waals surface area contributed by atoms with Gasteiger partial charge in [0, 0.05) is 44.4 Å². The Balaban J connectivity index is 1.76. The lowest BCUT2D eigenvalue weighted by Gasteiger charge is -2.27. The molecule has 6 heteroatoms. The highest BCUT2D eigenvalue weighted by molar-refractivity contribution is 9.10. The van der Waals surface area contributed by atoms with Crippen LogP contribution in [0.3, 0.4) is 0 Å². The van der Waals surface area contributed by atoms with Gasteiger partial charge in [-0.05, 0) is 22.4 Å². The fourth-order valence-corrected chi connectivity index (χ4v) is 2.93. The van der Waals surface area contributed by atoms with Gasteiger partial charge in [-0.2, -0.15) is 0 Å². The summed E-state index contributed by atoms with van der Waals surface area (Å²) in [5.41, 5.74) is 0.611. The molecule has 2 heterocycles. The van der Waals surface area contributed by atoms with Gasteiger partial charge in [-0.3, -0.25) is 0 Å². The third-order valence-corrected chi connectivity index (χ3v) is 4.11. The lowest BCUT2D eigenvalue weighted by Crippen LogP contribution is -2.44. The number of hydrogen-bond acceptors (Lipinski definition) is 4. The van der Waals surface area contributed by atoms with Crippen LogP contribution in [-0.2, 0) is 6.42 Å². The number of fused-ring (bicyclic) bond motifs is 1. The molecule has 0 atom stereocenters. The summed E-state index contributed by atoms with van der Waals surface area (Å²) in [7, 11) is 0. The van der Waals surface area contributed by atoms with Crippen molar-refractivity contribution in [3.05, 3.63) is 21.9 Å². The van der Waals surface area contributed by atoms with Crippen LogP contribution in [-0.4, -0.2) is 44.4 Å². The Morgan fingerprint density at radius 1 is 1.32 bits per heavy atom. The van der Waals surface area contributed by atoms with Gasteiger partial charge < -0.3 is 19.7 Å². The average molecular weight is 331 g/mol. The first kappa shape index (κ1) is 13.1. The molecule has 0 bridgehead atoms. The van der Waals surface area contributed by atoms with Gasteiger partial charge in [0.15, 0.2) is 11.5 Å². The lowest BCUT2D eigenvalue weighted by molar-refractivity contribution is 0.172. The summed E-state index contributed by atoms with van der Waals surface area (Å²) in [6, 6.07) is 1.63. The zero-order valence-corrected chi connectivity index (χ0v) is 12.1. The molecule has 1 aromatic carbocycles. The summed E-state index contributed by atoms with van der Waals surface area (Å²) in [6.07, 6.45) is 0.636. The summed E-state index contributed by atoms with van der Waals surface area (Å²) < 4.78 is 25.4. The predicted molar refractivity (Wildman–Crippen MR) is 73.2 cm³/mol. The molecule has 1 aromatic rings. The molecule has 2 aliphatic heterocycles. The van der Waals surface area contributed by atoms with E-state index in [-0.39, 0.29) is 12.6 Å². The minimum Gasteiger partial charge on any atom is -0.454 e. The molecule has 1 N–H and O–H groups in total. The quantitative estimate of drug-likeness (QED) is 0.915. The predicted octanol–water partition coefficient (Wildman–Crippen LogP) is 1.76. The molecule has 0 unspecified atom stereocenters. The van der Waals surface area contributed by atoms with Crippen molar-refractivity contribution in [3.63, 3.8) is 0 Å². The van der Waals surface area contributed by atoms with Gasteiger partial charge in [0.05, 0.1) is 4.47 Å². The second kappa shape index (κ2) is 5.64. The number of piperazine rings is 1. The molecule has 4 nitrogen and oxygen atoms in total. The third kappa shape index (κ3) is 2.70. The zero-order chi connectivity index (χ0) is 13.2. The van der Waals surface area contributed by atoms with Crippen molar-refractivity contribution in [3.8, 4) is 11.5 Å². The number of benzene rings is 1. The molecular weight excluding hydrogens is 315 g/mol. The molecular formula is C13H16BrFN2O2. The van der Waals surface area contributed by atoms with Gasteiger partial charge in [-0.25, -0.2) is 4.39 Å². The smallest absolute Gasteiger partial charge is 0.231 e. The van der Waals surface area contributed by atoms with Crippen LogP contribution in [0.15, 0.2) is 10.5 Å². The maximum absolute atomic E-state index is 14.2. The van der Waals surface area contributed by atoms with Crippen LogP contribution in [0.25, 0.3) is 0 Å². The van der Waals surface area contributed by atoms with Gasteiger partial charge in [0.1, 0.15) is 5.82 Å². The Bertz CT molecular complexity index is 478. The van der Waals surface area contributed by atoms with E-state index in [9.17, 15) is 4.39 Å². The number of nitrogens with one attached hydrogen (secondary N) is 1. The molecule has 3 rings (SSSR count). The second-order valence-electron chi connectivity index (χ2n) is 4.73. The summed E-state index contributed by atoms with van der Waals surface area (Å²) in [6.45, 7) is 5.03. The molecule has 0 spiro atoms. The minimum atomic E-state index is -0.237. The van der Waals surface area contributed by atoms with Crippen LogP contribution in [0.4, 0.5) is 4.39 Å². The maximum Gasteiger partial charge on any atom is 0.231 e. The van der Waals surface area contributed by atoms with Gasteiger partial charge in [-0.15, -0.1) is 0 Å². The number of halogens is 2. The van der Waals surface area contributed by atoms with Crippen molar-refractivity contribution < 1.29 is 13.9 Å². The van der Waals surface area contributed by atoms with E-state index in [2.05, 4.69) is 26.1 Å². The normalized spacial score (nSPS) is 18.8. The van der Waals surface area contributed by atoms with Crippen molar-refractivity contribution >= 4 is 15.9 Å². The highest BCUT2D eigenvalue weighted by atomic mass is 79.9. The summed E-state index contributed by atoms with van der Waals surface area (Å²) in [4.78, 5) is 2.33. The zero-order valence-electron chi connectivity index (χ0n) is 10.5. The van der Waals surface area contributed by atoms with E-state index in [1.807, 2.05) is 0 Å². The maximum atomic E-state index is 14.2. The number of rotatable bonds is 3. The van der Waals surface area contributed by atoms with Crippen LogP contribution >= 0.6 is 15.9 Å². The van der Waals surface area contributed by atoms with Gasteiger partial charge >= 0.3 is 0 Å². The lowest BCUT2D eigenvalue weighted by atomic mass is 10.1. The largest absolute Gasteiger partial charge is 0.454 e. The molecule has 1 saturated heterocycles. The highest BCUT2D eigenvalue weighted by Crippen LogP contribution is 2.40. The molecule has 19 heavy (non-hydrogen) atoms.